The maximum Gasteiger partial charge on any atom is 0.422 e. The molecule has 158 valence electrons. The number of alkyl halides is 3. The van der Waals surface area contributed by atoms with Gasteiger partial charge in [-0.2, -0.15) is 18.3 Å². The standard InChI is InChI=1S/C19H17F4N5O2/c20-14-7-13(3-4-16(14)30-11-19(21,22)23)28-17(29)8-15(12-9-24-25-10-12)26-18(28)27-5-1-2-6-27/h3-4,7-10H,1-2,5-6,11H2,(H,24,25). The summed E-state index contributed by atoms with van der Waals surface area (Å²) in [4.78, 5) is 19.4. The zero-order valence-electron chi connectivity index (χ0n) is 15.6. The highest BCUT2D eigenvalue weighted by Crippen LogP contribution is 2.27. The molecule has 0 spiro atoms. The van der Waals surface area contributed by atoms with E-state index in [1.807, 2.05) is 4.90 Å². The van der Waals surface area contributed by atoms with Crippen molar-refractivity contribution < 1.29 is 22.3 Å². The SMILES string of the molecule is O=c1cc(-c2cn[nH]c2)nc(N2CCCC2)n1-c1ccc(OCC(F)(F)F)c(F)c1. The molecule has 1 aliphatic heterocycles. The summed E-state index contributed by atoms with van der Waals surface area (Å²) in [6, 6.07) is 4.66. The fraction of sp³-hybridized carbons (Fsp3) is 0.316. The van der Waals surface area contributed by atoms with Gasteiger partial charge in [-0.15, -0.1) is 0 Å². The molecule has 3 aromatic rings. The van der Waals surface area contributed by atoms with Crippen LogP contribution in [0.2, 0.25) is 0 Å². The Bertz CT molecular complexity index is 1090. The molecule has 1 aromatic carbocycles. The van der Waals surface area contributed by atoms with Crippen molar-refractivity contribution in [3.63, 3.8) is 0 Å². The first-order chi connectivity index (χ1) is 14.3. The molecule has 0 saturated carbocycles. The van der Waals surface area contributed by atoms with Gasteiger partial charge in [0.2, 0.25) is 5.95 Å². The van der Waals surface area contributed by atoms with Crippen LogP contribution in [0.15, 0.2) is 41.5 Å². The van der Waals surface area contributed by atoms with Crippen molar-refractivity contribution in [2.45, 2.75) is 19.0 Å². The Hall–Kier alpha value is -3.37. The molecule has 30 heavy (non-hydrogen) atoms. The summed E-state index contributed by atoms with van der Waals surface area (Å²) < 4.78 is 57.1. The quantitative estimate of drug-likeness (QED) is 0.638. The molecule has 0 aliphatic carbocycles. The topological polar surface area (TPSA) is 76.0 Å². The molecule has 3 heterocycles. The second-order valence-corrected chi connectivity index (χ2v) is 6.81. The Labute approximate surface area is 167 Å². The highest BCUT2D eigenvalue weighted by atomic mass is 19.4. The molecule has 1 N–H and O–H groups in total. The van der Waals surface area contributed by atoms with Gasteiger partial charge in [0.1, 0.15) is 0 Å². The first kappa shape index (κ1) is 19.9. The molecular formula is C19H17F4N5O2. The van der Waals surface area contributed by atoms with Crippen molar-refractivity contribution >= 4 is 5.95 Å². The van der Waals surface area contributed by atoms with Crippen LogP contribution in [0.5, 0.6) is 5.75 Å². The van der Waals surface area contributed by atoms with Crippen LogP contribution in [0.3, 0.4) is 0 Å². The van der Waals surface area contributed by atoms with Gasteiger partial charge in [0.05, 0.1) is 17.6 Å². The molecule has 1 saturated heterocycles. The number of ether oxygens (including phenoxy) is 1. The predicted molar refractivity (Wildman–Crippen MR) is 100 cm³/mol. The number of aromatic nitrogens is 4. The van der Waals surface area contributed by atoms with Gasteiger partial charge in [-0.05, 0) is 25.0 Å². The maximum absolute atomic E-state index is 14.4. The maximum atomic E-state index is 14.4. The van der Waals surface area contributed by atoms with Crippen LogP contribution in [-0.4, -0.2) is 45.6 Å². The number of hydrogen-bond donors (Lipinski definition) is 1. The van der Waals surface area contributed by atoms with E-state index in [1.165, 1.54) is 22.9 Å². The van der Waals surface area contributed by atoms with Gasteiger partial charge in [-0.3, -0.25) is 9.89 Å². The summed E-state index contributed by atoms with van der Waals surface area (Å²) in [6.45, 7) is -0.254. The van der Waals surface area contributed by atoms with E-state index in [1.54, 1.807) is 6.20 Å². The number of benzene rings is 1. The molecule has 11 heteroatoms. The molecule has 0 amide bonds. The first-order valence-corrected chi connectivity index (χ1v) is 9.19. The van der Waals surface area contributed by atoms with Gasteiger partial charge in [0.25, 0.3) is 5.56 Å². The lowest BCUT2D eigenvalue weighted by atomic mass is 10.2. The predicted octanol–water partition coefficient (Wildman–Crippen LogP) is 3.30. The van der Waals surface area contributed by atoms with Gasteiger partial charge >= 0.3 is 6.18 Å². The largest absolute Gasteiger partial charge is 0.481 e. The van der Waals surface area contributed by atoms with Gasteiger partial charge in [0, 0.05) is 37.0 Å². The number of rotatable bonds is 5. The Morgan fingerprint density at radius 1 is 1.17 bits per heavy atom. The zero-order valence-corrected chi connectivity index (χ0v) is 15.6. The fourth-order valence-electron chi connectivity index (χ4n) is 3.29. The minimum absolute atomic E-state index is 0.144. The van der Waals surface area contributed by atoms with Crippen molar-refractivity contribution in [1.29, 1.82) is 0 Å². The van der Waals surface area contributed by atoms with Crippen LogP contribution in [0.25, 0.3) is 16.9 Å². The van der Waals surface area contributed by atoms with Gasteiger partial charge in [0.15, 0.2) is 18.2 Å². The summed E-state index contributed by atoms with van der Waals surface area (Å²) in [7, 11) is 0. The summed E-state index contributed by atoms with van der Waals surface area (Å²) >= 11 is 0. The normalized spacial score (nSPS) is 14.3. The molecule has 1 fully saturated rings. The van der Waals surface area contributed by atoms with E-state index in [0.717, 1.165) is 25.0 Å². The third-order valence-corrected chi connectivity index (χ3v) is 4.65. The third-order valence-electron chi connectivity index (χ3n) is 4.65. The van der Waals surface area contributed by atoms with Crippen LogP contribution in [0.1, 0.15) is 12.8 Å². The summed E-state index contributed by atoms with van der Waals surface area (Å²) in [6.07, 6.45) is 0.394. The van der Waals surface area contributed by atoms with Gasteiger partial charge in [-0.25, -0.2) is 13.9 Å². The molecule has 0 bridgehead atoms. The molecule has 7 nitrogen and oxygen atoms in total. The van der Waals surface area contributed by atoms with E-state index >= 15 is 0 Å². The molecule has 0 unspecified atom stereocenters. The minimum atomic E-state index is -4.59. The van der Waals surface area contributed by atoms with E-state index in [0.29, 0.717) is 30.3 Å². The number of nitrogens with one attached hydrogen (secondary N) is 1. The lowest BCUT2D eigenvalue weighted by Gasteiger charge is -2.22. The highest BCUT2D eigenvalue weighted by Gasteiger charge is 2.29. The average molecular weight is 423 g/mol. The number of halogens is 4. The number of H-pyrrole nitrogens is 1. The third kappa shape index (κ3) is 4.14. The smallest absolute Gasteiger partial charge is 0.422 e. The molecule has 4 rings (SSSR count). The second kappa shape index (κ2) is 7.81. The molecule has 2 aromatic heterocycles. The van der Waals surface area contributed by atoms with Crippen LogP contribution >= 0.6 is 0 Å². The zero-order chi connectivity index (χ0) is 21.3. The number of anilines is 1. The van der Waals surface area contributed by atoms with Crippen LogP contribution < -0.4 is 15.2 Å². The van der Waals surface area contributed by atoms with Crippen molar-refractivity contribution in [2.75, 3.05) is 24.6 Å². The summed E-state index contributed by atoms with van der Waals surface area (Å²) in [5.41, 5.74) is 0.732. The van der Waals surface area contributed by atoms with E-state index in [2.05, 4.69) is 19.9 Å². The Morgan fingerprint density at radius 2 is 1.93 bits per heavy atom. The van der Waals surface area contributed by atoms with Gasteiger partial charge < -0.3 is 9.64 Å². The Kier molecular flexibility index (Phi) is 5.18. The van der Waals surface area contributed by atoms with Crippen LogP contribution in [0, 0.1) is 5.82 Å². The number of hydrogen-bond acceptors (Lipinski definition) is 5. The molecular weight excluding hydrogens is 406 g/mol. The Balaban J connectivity index is 1.76. The van der Waals surface area contributed by atoms with E-state index < -0.39 is 29.9 Å². The van der Waals surface area contributed by atoms with Crippen LogP contribution in [-0.2, 0) is 0 Å². The van der Waals surface area contributed by atoms with E-state index in [4.69, 9.17) is 0 Å². The van der Waals surface area contributed by atoms with Crippen molar-refractivity contribution in [3.05, 3.63) is 52.8 Å². The lowest BCUT2D eigenvalue weighted by molar-refractivity contribution is -0.153. The highest BCUT2D eigenvalue weighted by molar-refractivity contribution is 5.60. The van der Waals surface area contributed by atoms with E-state index in [9.17, 15) is 22.4 Å². The summed E-state index contributed by atoms with van der Waals surface area (Å²) in [5.74, 6) is -1.22. The molecule has 1 aliphatic rings. The van der Waals surface area contributed by atoms with E-state index in [-0.39, 0.29) is 5.69 Å². The minimum Gasteiger partial charge on any atom is -0.481 e. The monoisotopic (exact) mass is 423 g/mol. The fourth-order valence-corrected chi connectivity index (χ4v) is 3.29. The first-order valence-electron chi connectivity index (χ1n) is 9.19. The average Bonchev–Trinajstić information content (AvgIpc) is 3.39. The lowest BCUT2D eigenvalue weighted by Crippen LogP contribution is -2.30. The van der Waals surface area contributed by atoms with Crippen molar-refractivity contribution in [3.8, 4) is 22.7 Å². The van der Waals surface area contributed by atoms with Gasteiger partial charge in [-0.1, -0.05) is 0 Å². The Morgan fingerprint density at radius 3 is 2.57 bits per heavy atom. The number of aromatic amines is 1. The molecule has 0 atom stereocenters. The number of nitrogens with zero attached hydrogens (tertiary/aromatic N) is 4. The summed E-state index contributed by atoms with van der Waals surface area (Å²) in [5, 5.41) is 6.52. The van der Waals surface area contributed by atoms with Crippen molar-refractivity contribution in [2.24, 2.45) is 0 Å². The second-order valence-electron chi connectivity index (χ2n) is 6.81. The van der Waals surface area contributed by atoms with Crippen LogP contribution in [0.4, 0.5) is 23.5 Å². The molecule has 0 radical (unpaired) electrons. The van der Waals surface area contributed by atoms with Crippen molar-refractivity contribution in [1.82, 2.24) is 19.7 Å².